The van der Waals surface area contributed by atoms with Crippen molar-refractivity contribution >= 4 is 23.5 Å². The Kier molecular flexibility index (Phi) is 5.35. The Bertz CT molecular complexity index is 493. The van der Waals surface area contributed by atoms with E-state index < -0.39 is 33.9 Å². The lowest BCUT2D eigenvalue weighted by Gasteiger charge is -2.37. The molecule has 0 spiro atoms. The van der Waals surface area contributed by atoms with Crippen molar-refractivity contribution in [3.05, 3.63) is 22.6 Å². The van der Waals surface area contributed by atoms with Crippen LogP contribution in [0.15, 0.2) is 22.6 Å². The fourth-order valence-corrected chi connectivity index (χ4v) is 3.87. The third kappa shape index (κ3) is 3.44. The summed E-state index contributed by atoms with van der Waals surface area (Å²) < 4.78 is 88.7. The van der Waals surface area contributed by atoms with Crippen molar-refractivity contribution in [2.75, 3.05) is 6.26 Å². The van der Waals surface area contributed by atoms with Crippen molar-refractivity contribution in [2.24, 2.45) is 5.92 Å². The maximum atomic E-state index is 13.5. The minimum absolute atomic E-state index is 0.0522. The Morgan fingerprint density at radius 2 is 1.59 bits per heavy atom. The van der Waals surface area contributed by atoms with Crippen LogP contribution in [0.2, 0.25) is 0 Å². The van der Waals surface area contributed by atoms with Gasteiger partial charge in [0.15, 0.2) is 0 Å². The molecule has 0 aliphatic heterocycles. The van der Waals surface area contributed by atoms with Crippen LogP contribution in [0.5, 0.6) is 0 Å². The van der Waals surface area contributed by atoms with E-state index in [1.54, 1.807) is 20.1 Å². The van der Waals surface area contributed by atoms with Crippen molar-refractivity contribution in [2.45, 2.75) is 42.9 Å². The van der Waals surface area contributed by atoms with Crippen LogP contribution in [-0.4, -0.2) is 28.4 Å². The van der Waals surface area contributed by atoms with Crippen LogP contribution in [0.1, 0.15) is 20.8 Å². The van der Waals surface area contributed by atoms with Gasteiger partial charge in [0.2, 0.25) is 0 Å². The maximum Gasteiger partial charge on any atom is 0.460 e. The smallest absolute Gasteiger partial charge is 0.188 e. The molecule has 22 heavy (non-hydrogen) atoms. The molecule has 2 unspecified atom stereocenters. The summed E-state index contributed by atoms with van der Waals surface area (Å²) in [6.45, 7) is 5.19. The van der Waals surface area contributed by atoms with Gasteiger partial charge in [0.05, 0.1) is 0 Å². The monoisotopic (exact) mass is 368 g/mol. The van der Waals surface area contributed by atoms with Crippen molar-refractivity contribution in [1.82, 2.24) is 0 Å². The normalized spacial score (nSPS) is 27.5. The first-order chi connectivity index (χ1) is 9.68. The lowest BCUT2D eigenvalue weighted by atomic mass is 9.85. The van der Waals surface area contributed by atoms with Crippen LogP contribution < -0.4 is 0 Å². The van der Waals surface area contributed by atoms with Crippen molar-refractivity contribution in [3.8, 4) is 0 Å². The SMILES string of the molecule is CSC1(C)C=C(SC(F)(F)C(F)(F)C(F)(F)F)C=C(C)C1C. The molecular weight excluding hydrogens is 353 g/mol. The Hall–Kier alpha value is -0.310. The molecule has 0 radical (unpaired) electrons. The molecule has 0 heterocycles. The fourth-order valence-electron chi connectivity index (χ4n) is 1.92. The number of halogens is 7. The second-order valence-corrected chi connectivity index (χ2v) is 7.71. The largest absolute Gasteiger partial charge is 0.460 e. The highest BCUT2D eigenvalue weighted by atomic mass is 32.2. The zero-order valence-corrected chi connectivity index (χ0v) is 13.8. The summed E-state index contributed by atoms with van der Waals surface area (Å²) in [5.74, 6) is -6.16. The van der Waals surface area contributed by atoms with Crippen molar-refractivity contribution in [3.63, 3.8) is 0 Å². The van der Waals surface area contributed by atoms with E-state index in [-0.39, 0.29) is 10.8 Å². The van der Waals surface area contributed by atoms with E-state index in [1.165, 1.54) is 23.9 Å². The first-order valence-electron chi connectivity index (χ1n) is 6.15. The average Bonchev–Trinajstić information content (AvgIpc) is 2.33. The highest BCUT2D eigenvalue weighted by molar-refractivity contribution is 8.04. The van der Waals surface area contributed by atoms with Crippen LogP contribution in [0.25, 0.3) is 0 Å². The average molecular weight is 368 g/mol. The van der Waals surface area contributed by atoms with E-state index in [0.29, 0.717) is 5.57 Å². The molecular formula is C13H15F7S2. The quantitative estimate of drug-likeness (QED) is 0.549. The van der Waals surface area contributed by atoms with Gasteiger partial charge in [0.1, 0.15) is 0 Å². The van der Waals surface area contributed by atoms with Gasteiger partial charge in [-0.05, 0) is 43.9 Å². The van der Waals surface area contributed by atoms with E-state index in [2.05, 4.69) is 0 Å². The molecule has 0 amide bonds. The van der Waals surface area contributed by atoms with Gasteiger partial charge in [-0.3, -0.25) is 0 Å². The standard InChI is InChI=1S/C13H15F7S2/c1-7-5-9(6-10(3,21-4)8(7)2)22-13(19,20)11(14,15)12(16,17)18/h5-6,8H,1-4H3. The van der Waals surface area contributed by atoms with Crippen LogP contribution in [0.3, 0.4) is 0 Å². The van der Waals surface area contributed by atoms with Gasteiger partial charge in [0.25, 0.3) is 0 Å². The summed E-state index contributed by atoms with van der Waals surface area (Å²) in [7, 11) is 0. The molecule has 1 aliphatic carbocycles. The molecule has 0 aromatic heterocycles. The Balaban J connectivity index is 3.16. The van der Waals surface area contributed by atoms with Crippen LogP contribution in [-0.2, 0) is 0 Å². The van der Waals surface area contributed by atoms with Crippen LogP contribution in [0, 0.1) is 5.92 Å². The molecule has 0 bridgehead atoms. The number of rotatable bonds is 4. The first-order valence-corrected chi connectivity index (χ1v) is 8.19. The molecule has 128 valence electrons. The molecule has 0 saturated heterocycles. The molecule has 9 heteroatoms. The highest BCUT2D eigenvalue weighted by Crippen LogP contribution is 2.55. The molecule has 2 atom stereocenters. The van der Waals surface area contributed by atoms with Crippen LogP contribution >= 0.6 is 23.5 Å². The summed E-state index contributed by atoms with van der Waals surface area (Å²) in [6, 6.07) is 0. The van der Waals surface area contributed by atoms with E-state index in [4.69, 9.17) is 0 Å². The Morgan fingerprint density at radius 3 is 2.00 bits per heavy atom. The Labute approximate surface area is 132 Å². The third-order valence-corrected chi connectivity index (χ3v) is 6.08. The molecule has 0 nitrogen and oxygen atoms in total. The lowest BCUT2D eigenvalue weighted by molar-refractivity contribution is -0.330. The summed E-state index contributed by atoms with van der Waals surface area (Å²) in [4.78, 5) is -0.290. The summed E-state index contributed by atoms with van der Waals surface area (Å²) in [5.41, 5.74) is 0.646. The van der Waals surface area contributed by atoms with E-state index in [1.807, 2.05) is 6.92 Å². The van der Waals surface area contributed by atoms with E-state index >= 15 is 0 Å². The highest BCUT2D eigenvalue weighted by Gasteiger charge is 2.73. The second-order valence-electron chi connectivity index (χ2n) is 5.24. The van der Waals surface area contributed by atoms with Gasteiger partial charge >= 0.3 is 17.4 Å². The van der Waals surface area contributed by atoms with Gasteiger partial charge in [-0.25, -0.2) is 0 Å². The molecule has 0 saturated carbocycles. The van der Waals surface area contributed by atoms with E-state index in [9.17, 15) is 30.7 Å². The molecule has 0 aromatic rings. The fraction of sp³-hybridized carbons (Fsp3) is 0.692. The van der Waals surface area contributed by atoms with Gasteiger partial charge in [-0.2, -0.15) is 42.5 Å². The molecule has 0 N–H and O–H groups in total. The van der Waals surface area contributed by atoms with E-state index in [0.717, 1.165) is 0 Å². The predicted molar refractivity (Wildman–Crippen MR) is 76.5 cm³/mol. The van der Waals surface area contributed by atoms with Crippen molar-refractivity contribution in [1.29, 1.82) is 0 Å². The zero-order valence-electron chi connectivity index (χ0n) is 12.2. The molecule has 0 aromatic carbocycles. The minimum atomic E-state index is -6.31. The minimum Gasteiger partial charge on any atom is -0.188 e. The Morgan fingerprint density at radius 1 is 1.09 bits per heavy atom. The van der Waals surface area contributed by atoms with Crippen LogP contribution in [0.4, 0.5) is 30.7 Å². The zero-order chi connectivity index (χ0) is 17.6. The molecule has 1 rings (SSSR count). The summed E-state index contributed by atoms with van der Waals surface area (Å²) in [6.07, 6.45) is -2.04. The number of hydrogen-bond acceptors (Lipinski definition) is 2. The molecule has 1 aliphatic rings. The lowest BCUT2D eigenvalue weighted by Crippen LogP contribution is -2.50. The second kappa shape index (κ2) is 5.96. The number of thioether (sulfide) groups is 2. The maximum absolute atomic E-state index is 13.5. The molecule has 0 fully saturated rings. The number of allylic oxidation sites excluding steroid dienone is 2. The topological polar surface area (TPSA) is 0 Å². The van der Waals surface area contributed by atoms with Gasteiger partial charge in [-0.15, -0.1) is 0 Å². The first kappa shape index (κ1) is 19.7. The van der Waals surface area contributed by atoms with Gasteiger partial charge < -0.3 is 0 Å². The summed E-state index contributed by atoms with van der Waals surface area (Å²) in [5, 5.41) is -5.28. The predicted octanol–water partition coefficient (Wildman–Crippen LogP) is 6.11. The third-order valence-electron chi connectivity index (χ3n) is 3.75. The van der Waals surface area contributed by atoms with Gasteiger partial charge in [0, 0.05) is 9.65 Å². The summed E-state index contributed by atoms with van der Waals surface area (Å²) >= 11 is 0.566. The van der Waals surface area contributed by atoms with Crippen molar-refractivity contribution < 1.29 is 30.7 Å². The number of hydrogen-bond donors (Lipinski definition) is 0. The van der Waals surface area contributed by atoms with Gasteiger partial charge in [-0.1, -0.05) is 18.6 Å². The number of alkyl halides is 7.